The van der Waals surface area contributed by atoms with Crippen molar-refractivity contribution < 1.29 is 17.9 Å². The Labute approximate surface area is 159 Å². The lowest BCUT2D eigenvalue weighted by Crippen LogP contribution is -2.39. The van der Waals surface area contributed by atoms with Crippen molar-refractivity contribution in [3.05, 3.63) is 29.8 Å². The number of anilines is 1. The van der Waals surface area contributed by atoms with E-state index in [4.69, 9.17) is 0 Å². The van der Waals surface area contributed by atoms with Gasteiger partial charge in [-0.1, -0.05) is 12.1 Å². The highest BCUT2D eigenvalue weighted by atomic mass is 19.4. The Kier molecular flexibility index (Phi) is 8.22. The molecule has 0 spiro atoms. The molecule has 0 aliphatic carbocycles. The summed E-state index contributed by atoms with van der Waals surface area (Å²) in [5.74, 6) is 0.616. The lowest BCUT2D eigenvalue weighted by Gasteiger charge is -2.22. The highest BCUT2D eigenvalue weighted by Crippen LogP contribution is 2.23. The van der Waals surface area contributed by atoms with Crippen molar-refractivity contribution in [1.82, 2.24) is 10.6 Å². The summed E-state index contributed by atoms with van der Waals surface area (Å²) >= 11 is 0. The van der Waals surface area contributed by atoms with Gasteiger partial charge in [0.05, 0.1) is 6.04 Å². The summed E-state index contributed by atoms with van der Waals surface area (Å²) in [6.45, 7) is 3.59. The van der Waals surface area contributed by atoms with E-state index >= 15 is 0 Å². The first-order chi connectivity index (χ1) is 12.9. The third kappa shape index (κ3) is 7.66. The van der Waals surface area contributed by atoms with Crippen LogP contribution in [0.4, 0.5) is 18.9 Å². The molecule has 1 aliphatic rings. The van der Waals surface area contributed by atoms with Crippen molar-refractivity contribution >= 4 is 11.6 Å². The van der Waals surface area contributed by atoms with Gasteiger partial charge < -0.3 is 20.3 Å². The molecule has 1 saturated heterocycles. The standard InChI is InChI=1S/C19H29F3N4O/c1-15(16-7-5-8-17(13-16)26-10-3-4-11-26)25-18(23-2)24-9-6-12-27-14-19(20,21)22/h5,7-8,13,15H,3-4,6,9-12,14H2,1-2H3,(H2,23,24,25). The number of alkyl halides is 3. The van der Waals surface area contributed by atoms with E-state index in [9.17, 15) is 13.2 Å². The summed E-state index contributed by atoms with van der Waals surface area (Å²) in [5.41, 5.74) is 2.40. The van der Waals surface area contributed by atoms with E-state index in [2.05, 4.69) is 56.5 Å². The van der Waals surface area contributed by atoms with E-state index < -0.39 is 12.8 Å². The summed E-state index contributed by atoms with van der Waals surface area (Å²) in [6, 6.07) is 8.53. The van der Waals surface area contributed by atoms with Crippen LogP contribution in [-0.4, -0.2) is 52.0 Å². The van der Waals surface area contributed by atoms with Crippen LogP contribution in [0.1, 0.15) is 37.8 Å². The fourth-order valence-electron chi connectivity index (χ4n) is 3.02. The van der Waals surface area contributed by atoms with Gasteiger partial charge in [-0.3, -0.25) is 4.99 Å². The number of ether oxygens (including phenoxy) is 1. The number of nitrogens with zero attached hydrogens (tertiary/aromatic N) is 2. The number of rotatable bonds is 8. The molecule has 152 valence electrons. The quantitative estimate of drug-likeness (QED) is 0.408. The molecule has 1 aliphatic heterocycles. The number of aliphatic imine (C=N–C) groups is 1. The number of benzene rings is 1. The minimum Gasteiger partial charge on any atom is -0.372 e. The molecule has 2 N–H and O–H groups in total. The van der Waals surface area contributed by atoms with E-state index in [1.165, 1.54) is 18.5 Å². The van der Waals surface area contributed by atoms with Gasteiger partial charge in [0.2, 0.25) is 0 Å². The van der Waals surface area contributed by atoms with Crippen LogP contribution in [0.25, 0.3) is 0 Å². The topological polar surface area (TPSA) is 48.9 Å². The van der Waals surface area contributed by atoms with Crippen LogP contribution in [-0.2, 0) is 4.74 Å². The van der Waals surface area contributed by atoms with E-state index in [1.54, 1.807) is 7.05 Å². The molecular formula is C19H29F3N4O. The Bertz CT molecular complexity index is 601. The number of hydrogen-bond donors (Lipinski definition) is 2. The summed E-state index contributed by atoms with van der Waals surface area (Å²) in [6.07, 6.45) is -1.33. The number of nitrogens with one attached hydrogen (secondary N) is 2. The fraction of sp³-hybridized carbons (Fsp3) is 0.632. The lowest BCUT2D eigenvalue weighted by molar-refractivity contribution is -0.173. The van der Waals surface area contributed by atoms with Crippen molar-refractivity contribution in [3.63, 3.8) is 0 Å². The Hall–Kier alpha value is -1.96. The maximum absolute atomic E-state index is 12.0. The average molecular weight is 386 g/mol. The van der Waals surface area contributed by atoms with Gasteiger partial charge in [-0.2, -0.15) is 13.2 Å². The zero-order valence-corrected chi connectivity index (χ0v) is 16.0. The molecule has 0 amide bonds. The van der Waals surface area contributed by atoms with Crippen LogP contribution in [0, 0.1) is 0 Å². The lowest BCUT2D eigenvalue weighted by atomic mass is 10.1. The average Bonchev–Trinajstić information content (AvgIpc) is 3.17. The molecular weight excluding hydrogens is 357 g/mol. The molecule has 5 nitrogen and oxygen atoms in total. The second-order valence-corrected chi connectivity index (χ2v) is 6.68. The van der Waals surface area contributed by atoms with Gasteiger partial charge in [0, 0.05) is 39.0 Å². The van der Waals surface area contributed by atoms with Gasteiger partial charge in [0.25, 0.3) is 0 Å². The smallest absolute Gasteiger partial charge is 0.372 e. The van der Waals surface area contributed by atoms with Gasteiger partial charge in [0.15, 0.2) is 5.96 Å². The first-order valence-electron chi connectivity index (χ1n) is 9.35. The minimum absolute atomic E-state index is 0.0525. The summed E-state index contributed by atoms with van der Waals surface area (Å²) in [7, 11) is 1.67. The molecule has 1 atom stereocenters. The van der Waals surface area contributed by atoms with Crippen LogP contribution in [0.15, 0.2) is 29.3 Å². The summed E-state index contributed by atoms with van der Waals surface area (Å²) < 4.78 is 40.6. The molecule has 0 aromatic heterocycles. The van der Waals surface area contributed by atoms with Crippen LogP contribution >= 0.6 is 0 Å². The van der Waals surface area contributed by atoms with E-state index in [1.807, 2.05) is 0 Å². The first kappa shape index (κ1) is 21.3. The van der Waals surface area contributed by atoms with Gasteiger partial charge in [-0.15, -0.1) is 0 Å². The van der Waals surface area contributed by atoms with Gasteiger partial charge in [0.1, 0.15) is 6.61 Å². The zero-order chi connectivity index (χ0) is 19.7. The summed E-state index contributed by atoms with van der Waals surface area (Å²) in [5, 5.41) is 6.42. The number of halogens is 3. The molecule has 1 aromatic rings. The molecule has 0 bridgehead atoms. The molecule has 27 heavy (non-hydrogen) atoms. The first-order valence-corrected chi connectivity index (χ1v) is 9.35. The largest absolute Gasteiger partial charge is 0.411 e. The van der Waals surface area contributed by atoms with Crippen LogP contribution in [0.2, 0.25) is 0 Å². The van der Waals surface area contributed by atoms with Gasteiger partial charge in [-0.25, -0.2) is 0 Å². The van der Waals surface area contributed by atoms with Crippen molar-refractivity contribution in [2.24, 2.45) is 4.99 Å². The molecule has 2 rings (SSSR count). The van der Waals surface area contributed by atoms with E-state index in [-0.39, 0.29) is 12.6 Å². The number of guanidine groups is 1. The van der Waals surface area contributed by atoms with Crippen molar-refractivity contribution in [3.8, 4) is 0 Å². The van der Waals surface area contributed by atoms with E-state index in [0.29, 0.717) is 18.9 Å². The zero-order valence-electron chi connectivity index (χ0n) is 16.0. The van der Waals surface area contributed by atoms with Crippen LogP contribution < -0.4 is 15.5 Å². The van der Waals surface area contributed by atoms with Crippen LogP contribution in [0.3, 0.4) is 0 Å². The van der Waals surface area contributed by atoms with Gasteiger partial charge >= 0.3 is 6.18 Å². The SMILES string of the molecule is CN=C(NCCCOCC(F)(F)F)NC(C)c1cccc(N2CCCC2)c1. The predicted molar refractivity (Wildman–Crippen MR) is 102 cm³/mol. The molecule has 1 fully saturated rings. The maximum atomic E-state index is 12.0. The monoisotopic (exact) mass is 386 g/mol. The molecule has 0 saturated carbocycles. The molecule has 1 unspecified atom stereocenters. The molecule has 8 heteroatoms. The Morgan fingerprint density at radius 2 is 2.04 bits per heavy atom. The van der Waals surface area contributed by atoms with Crippen LogP contribution in [0.5, 0.6) is 0 Å². The van der Waals surface area contributed by atoms with Crippen molar-refractivity contribution in [2.45, 2.75) is 38.4 Å². The van der Waals surface area contributed by atoms with Gasteiger partial charge in [-0.05, 0) is 43.9 Å². The maximum Gasteiger partial charge on any atom is 0.411 e. The van der Waals surface area contributed by atoms with Crippen molar-refractivity contribution in [1.29, 1.82) is 0 Å². The van der Waals surface area contributed by atoms with Crippen molar-refractivity contribution in [2.75, 3.05) is 44.8 Å². The second kappa shape index (κ2) is 10.4. The number of hydrogen-bond acceptors (Lipinski definition) is 3. The Morgan fingerprint density at radius 3 is 2.70 bits per heavy atom. The highest BCUT2D eigenvalue weighted by molar-refractivity contribution is 5.80. The molecule has 1 aromatic carbocycles. The Morgan fingerprint density at radius 1 is 1.30 bits per heavy atom. The predicted octanol–water partition coefficient (Wildman–Crippen LogP) is 3.48. The normalized spacial score (nSPS) is 16.5. The summed E-state index contributed by atoms with van der Waals surface area (Å²) in [4.78, 5) is 6.57. The van der Waals surface area contributed by atoms with E-state index in [0.717, 1.165) is 18.7 Å². The minimum atomic E-state index is -4.27. The fourth-order valence-corrected chi connectivity index (χ4v) is 3.02. The Balaban J connectivity index is 1.76. The third-order valence-electron chi connectivity index (χ3n) is 4.44. The second-order valence-electron chi connectivity index (χ2n) is 6.68. The molecule has 1 heterocycles. The highest BCUT2D eigenvalue weighted by Gasteiger charge is 2.27. The third-order valence-corrected chi connectivity index (χ3v) is 4.44. The molecule has 0 radical (unpaired) electrons.